The number of rotatable bonds is 2. The maximum absolute atomic E-state index is 13.5. The van der Waals surface area contributed by atoms with Crippen LogP contribution in [0, 0.1) is 5.92 Å². The van der Waals surface area contributed by atoms with Crippen molar-refractivity contribution in [2.75, 3.05) is 13.8 Å². The van der Waals surface area contributed by atoms with E-state index < -0.39 is 6.04 Å². The molecule has 0 saturated heterocycles. The van der Waals surface area contributed by atoms with Crippen LogP contribution in [0.25, 0.3) is 0 Å². The summed E-state index contributed by atoms with van der Waals surface area (Å²) in [5.41, 5.74) is 1.36. The van der Waals surface area contributed by atoms with Crippen LogP contribution in [-0.4, -0.2) is 42.7 Å². The zero-order chi connectivity index (χ0) is 24.2. The molecule has 4 rings (SSSR count). The minimum absolute atomic E-state index is 0.0955. The summed E-state index contributed by atoms with van der Waals surface area (Å²) in [6.07, 6.45) is 5.27. The molecule has 2 aliphatic heterocycles. The first kappa shape index (κ1) is 23.7. The highest BCUT2D eigenvalue weighted by molar-refractivity contribution is 5.99. The summed E-state index contributed by atoms with van der Waals surface area (Å²) in [5.74, 6) is 1.35. The largest absolute Gasteiger partial charge is 0.490 e. The molecule has 7 nitrogen and oxygen atoms in total. The highest BCUT2D eigenvalue weighted by atomic mass is 16.7. The number of hydrogen-bond acceptors (Lipinski definition) is 5. The number of benzene rings is 2. The van der Waals surface area contributed by atoms with E-state index in [4.69, 9.17) is 14.2 Å². The van der Waals surface area contributed by atoms with Gasteiger partial charge in [-0.25, -0.2) is 0 Å². The van der Waals surface area contributed by atoms with E-state index in [0.29, 0.717) is 35.7 Å². The molecule has 2 aliphatic rings. The molecule has 2 heterocycles. The summed E-state index contributed by atoms with van der Waals surface area (Å²) in [6, 6.07) is 12.0. The molecule has 0 aliphatic carbocycles. The van der Waals surface area contributed by atoms with Gasteiger partial charge in [-0.3, -0.25) is 9.59 Å². The van der Waals surface area contributed by atoms with Crippen molar-refractivity contribution < 1.29 is 23.8 Å². The Morgan fingerprint density at radius 1 is 0.971 bits per heavy atom. The van der Waals surface area contributed by atoms with Crippen molar-refractivity contribution in [3.63, 3.8) is 0 Å². The summed E-state index contributed by atoms with van der Waals surface area (Å²) in [6.45, 7) is 6.06. The Balaban J connectivity index is 1.69. The van der Waals surface area contributed by atoms with Crippen molar-refractivity contribution in [3.05, 3.63) is 65.7 Å². The van der Waals surface area contributed by atoms with E-state index in [0.717, 1.165) is 5.56 Å². The van der Waals surface area contributed by atoms with Gasteiger partial charge in [-0.1, -0.05) is 44.2 Å². The first-order valence-electron chi connectivity index (χ1n) is 11.7. The second-order valence-corrected chi connectivity index (χ2v) is 9.15. The van der Waals surface area contributed by atoms with Crippen molar-refractivity contribution in [2.24, 2.45) is 5.92 Å². The molecule has 0 fully saturated rings. The van der Waals surface area contributed by atoms with Gasteiger partial charge in [-0.2, -0.15) is 0 Å². The third-order valence-corrected chi connectivity index (χ3v) is 6.21. The van der Waals surface area contributed by atoms with Crippen molar-refractivity contribution in [1.82, 2.24) is 10.2 Å². The monoisotopic (exact) mass is 464 g/mol. The third kappa shape index (κ3) is 5.03. The Labute approximate surface area is 200 Å². The number of amides is 2. The fraction of sp³-hybridized carbons (Fsp3) is 0.407. The maximum atomic E-state index is 13.5. The highest BCUT2D eigenvalue weighted by Crippen LogP contribution is 2.35. The van der Waals surface area contributed by atoms with Gasteiger partial charge in [0, 0.05) is 13.5 Å². The molecular formula is C27H32N2O5. The fourth-order valence-corrected chi connectivity index (χ4v) is 4.44. The number of carbonyl (C=O) groups excluding carboxylic acids is 2. The third-order valence-electron chi connectivity index (χ3n) is 6.21. The Morgan fingerprint density at radius 2 is 1.71 bits per heavy atom. The lowest BCUT2D eigenvalue weighted by molar-refractivity contribution is -0.127. The molecule has 2 aromatic rings. The number of carbonyl (C=O) groups is 2. The van der Waals surface area contributed by atoms with Crippen molar-refractivity contribution >= 4 is 11.8 Å². The minimum atomic E-state index is -0.651. The number of ether oxygens (including phenoxy) is 3. The van der Waals surface area contributed by atoms with Crippen LogP contribution >= 0.6 is 0 Å². The second kappa shape index (κ2) is 10.2. The molecule has 2 amide bonds. The van der Waals surface area contributed by atoms with Crippen LogP contribution in [-0.2, 0) is 4.79 Å². The predicted octanol–water partition coefficient (Wildman–Crippen LogP) is 4.49. The Bertz CT molecular complexity index is 1080. The quantitative estimate of drug-likeness (QED) is 0.663. The molecule has 0 saturated carbocycles. The van der Waals surface area contributed by atoms with E-state index in [-0.39, 0.29) is 36.7 Å². The lowest BCUT2D eigenvalue weighted by Gasteiger charge is -2.32. The van der Waals surface area contributed by atoms with Gasteiger partial charge in [-0.15, -0.1) is 0 Å². The Morgan fingerprint density at radius 3 is 2.50 bits per heavy atom. The minimum Gasteiger partial charge on any atom is -0.490 e. The average molecular weight is 465 g/mol. The molecule has 0 radical (unpaired) electrons. The van der Waals surface area contributed by atoms with Gasteiger partial charge < -0.3 is 24.4 Å². The number of likely N-dealkylation sites (N-methyl/N-ethyl adjacent to an activating group) is 1. The predicted molar refractivity (Wildman–Crippen MR) is 129 cm³/mol. The zero-order valence-corrected chi connectivity index (χ0v) is 20.1. The number of nitrogens with one attached hydrogen (secondary N) is 1. The number of para-hydroxylation sites is 1. The molecule has 0 aromatic heterocycles. The van der Waals surface area contributed by atoms with Crippen LogP contribution in [0.15, 0.2) is 54.6 Å². The van der Waals surface area contributed by atoms with Crippen LogP contribution in [0.2, 0.25) is 0 Å². The van der Waals surface area contributed by atoms with E-state index in [9.17, 15) is 9.59 Å². The van der Waals surface area contributed by atoms with Crippen LogP contribution in [0.4, 0.5) is 0 Å². The van der Waals surface area contributed by atoms with Crippen LogP contribution in [0.1, 0.15) is 55.6 Å². The zero-order valence-electron chi connectivity index (χ0n) is 20.1. The smallest absolute Gasteiger partial charge is 0.258 e. The van der Waals surface area contributed by atoms with E-state index in [1.165, 1.54) is 4.90 Å². The van der Waals surface area contributed by atoms with E-state index in [2.05, 4.69) is 17.5 Å². The van der Waals surface area contributed by atoms with Crippen LogP contribution < -0.4 is 19.5 Å². The average Bonchev–Trinajstić information content (AvgIpc) is 3.28. The molecule has 3 atom stereocenters. The molecule has 34 heavy (non-hydrogen) atoms. The summed E-state index contributed by atoms with van der Waals surface area (Å²) < 4.78 is 17.1. The summed E-state index contributed by atoms with van der Waals surface area (Å²) in [5, 5.41) is 3.18. The van der Waals surface area contributed by atoms with Crippen molar-refractivity contribution in [1.29, 1.82) is 0 Å². The standard InChI is InChI=1S/C27H32N2O5/c1-17(2)25-26(30)28-21(19-13-14-23-24(15-19)33-16-32-23)11-7-5-9-18(3)34-22-12-8-6-10-20(22)27(31)29(25)4/h5-8,10,12-15,17-18,21,25H,9,11,16H2,1-4H3,(H,28,30)/b7-5+/t18-,21-,25-/m1/s1. The Hall–Kier alpha value is -3.48. The van der Waals surface area contributed by atoms with Crippen molar-refractivity contribution in [2.45, 2.75) is 51.8 Å². The Kier molecular flexibility index (Phi) is 7.10. The van der Waals surface area contributed by atoms with Gasteiger partial charge in [0.1, 0.15) is 11.8 Å². The number of fused-ring (bicyclic) bond motifs is 2. The molecule has 1 N–H and O–H groups in total. The molecular weight excluding hydrogens is 432 g/mol. The van der Waals surface area contributed by atoms with E-state index in [1.54, 1.807) is 19.2 Å². The molecule has 7 heteroatoms. The van der Waals surface area contributed by atoms with E-state index >= 15 is 0 Å². The molecule has 0 bridgehead atoms. The summed E-state index contributed by atoms with van der Waals surface area (Å²) >= 11 is 0. The molecule has 0 spiro atoms. The number of nitrogens with zero attached hydrogens (tertiary/aromatic N) is 1. The fourth-order valence-electron chi connectivity index (χ4n) is 4.44. The lowest BCUT2D eigenvalue weighted by Crippen LogP contribution is -2.51. The highest BCUT2D eigenvalue weighted by Gasteiger charge is 2.33. The van der Waals surface area contributed by atoms with Crippen molar-refractivity contribution in [3.8, 4) is 17.2 Å². The van der Waals surface area contributed by atoms with Gasteiger partial charge in [0.25, 0.3) is 5.91 Å². The molecule has 180 valence electrons. The normalized spacial score (nSPS) is 24.1. The maximum Gasteiger partial charge on any atom is 0.258 e. The summed E-state index contributed by atoms with van der Waals surface area (Å²) in [7, 11) is 1.67. The first-order chi connectivity index (χ1) is 16.3. The molecule has 0 unspecified atom stereocenters. The summed E-state index contributed by atoms with van der Waals surface area (Å²) in [4.78, 5) is 28.5. The second-order valence-electron chi connectivity index (χ2n) is 9.15. The van der Waals surface area contributed by atoms with E-state index in [1.807, 2.05) is 51.1 Å². The van der Waals surface area contributed by atoms with Gasteiger partial charge >= 0.3 is 0 Å². The van der Waals surface area contributed by atoms with Crippen LogP contribution in [0.3, 0.4) is 0 Å². The molecule has 2 aromatic carbocycles. The SMILES string of the molecule is CC(C)[C@@H]1C(=O)N[C@@H](c2ccc3c(c2)OCO3)C/C=C/C[C@@H](C)Oc2ccccc2C(=O)N1C. The van der Waals surface area contributed by atoms with Gasteiger partial charge in [0.2, 0.25) is 12.7 Å². The van der Waals surface area contributed by atoms with Gasteiger partial charge in [-0.05, 0) is 49.1 Å². The van der Waals surface area contributed by atoms with Gasteiger partial charge in [0.05, 0.1) is 17.7 Å². The van der Waals surface area contributed by atoms with Crippen LogP contribution in [0.5, 0.6) is 17.2 Å². The lowest BCUT2D eigenvalue weighted by atomic mass is 9.97. The topological polar surface area (TPSA) is 77.1 Å². The first-order valence-corrected chi connectivity index (χ1v) is 11.7. The van der Waals surface area contributed by atoms with Gasteiger partial charge in [0.15, 0.2) is 11.5 Å². The number of hydrogen-bond donors (Lipinski definition) is 1.